The molecule has 1 heterocycles. The molecule has 0 saturated carbocycles. The van der Waals surface area contributed by atoms with Gasteiger partial charge in [-0.15, -0.1) is 0 Å². The fourth-order valence-corrected chi connectivity index (χ4v) is 1.27. The predicted molar refractivity (Wildman–Crippen MR) is 52.9 cm³/mol. The van der Waals surface area contributed by atoms with Crippen LogP contribution in [-0.4, -0.2) is 23.9 Å². The molecule has 0 spiro atoms. The highest BCUT2D eigenvalue weighted by atomic mass is 16.1. The van der Waals surface area contributed by atoms with Gasteiger partial charge in [-0.1, -0.05) is 25.5 Å². The Morgan fingerprint density at radius 1 is 1.69 bits per heavy atom. The molecule has 1 rings (SSSR count). The third kappa shape index (κ3) is 2.93. The van der Waals surface area contributed by atoms with Crippen LogP contribution in [0.4, 0.5) is 0 Å². The average Bonchev–Trinajstić information content (AvgIpc) is 2.15. The molecule has 72 valence electrons. The van der Waals surface area contributed by atoms with Crippen molar-refractivity contribution in [3.8, 4) is 0 Å². The largest absolute Gasteiger partial charge is 0.373 e. The monoisotopic (exact) mass is 180 g/mol. The molecule has 1 amide bonds. The first-order valence-corrected chi connectivity index (χ1v) is 4.66. The number of rotatable bonds is 4. The molecule has 0 bridgehead atoms. The van der Waals surface area contributed by atoms with E-state index in [1.807, 2.05) is 12.3 Å². The fourth-order valence-electron chi connectivity index (χ4n) is 1.27. The minimum atomic E-state index is -0.350. The minimum absolute atomic E-state index is 0.350. The van der Waals surface area contributed by atoms with E-state index in [1.54, 1.807) is 6.08 Å². The van der Waals surface area contributed by atoms with Gasteiger partial charge in [0.1, 0.15) is 0 Å². The normalized spacial score (nSPS) is 15.8. The lowest BCUT2D eigenvalue weighted by Gasteiger charge is -2.21. The van der Waals surface area contributed by atoms with Crippen molar-refractivity contribution in [2.24, 2.45) is 5.73 Å². The van der Waals surface area contributed by atoms with Gasteiger partial charge in [0.15, 0.2) is 0 Å². The van der Waals surface area contributed by atoms with Crippen LogP contribution >= 0.6 is 0 Å². The van der Waals surface area contributed by atoms with Crippen LogP contribution in [0, 0.1) is 0 Å². The summed E-state index contributed by atoms with van der Waals surface area (Å²) in [5.41, 5.74) is 5.77. The standard InChI is InChI=1S/C10H16N2O/c1-2-3-6-12-7-4-5-9(8-12)10(11)13/h4-5,8H,2-3,6-7H2,1H3,(H2,11,13). The Hall–Kier alpha value is -1.25. The zero-order valence-corrected chi connectivity index (χ0v) is 7.99. The first-order valence-electron chi connectivity index (χ1n) is 4.66. The third-order valence-corrected chi connectivity index (χ3v) is 2.04. The molecule has 0 aromatic carbocycles. The van der Waals surface area contributed by atoms with Crippen molar-refractivity contribution in [1.29, 1.82) is 0 Å². The number of hydrogen-bond acceptors (Lipinski definition) is 2. The summed E-state index contributed by atoms with van der Waals surface area (Å²) < 4.78 is 0. The summed E-state index contributed by atoms with van der Waals surface area (Å²) in [6, 6.07) is 0. The molecule has 0 atom stereocenters. The Morgan fingerprint density at radius 3 is 3.08 bits per heavy atom. The molecule has 0 saturated heterocycles. The zero-order chi connectivity index (χ0) is 9.68. The van der Waals surface area contributed by atoms with Gasteiger partial charge in [-0.05, 0) is 6.42 Å². The zero-order valence-electron chi connectivity index (χ0n) is 7.99. The van der Waals surface area contributed by atoms with Crippen LogP contribution in [0.2, 0.25) is 0 Å². The van der Waals surface area contributed by atoms with E-state index in [0.717, 1.165) is 19.5 Å². The van der Waals surface area contributed by atoms with E-state index in [9.17, 15) is 4.79 Å². The first kappa shape index (κ1) is 9.84. The van der Waals surface area contributed by atoms with Crippen LogP contribution in [-0.2, 0) is 4.79 Å². The molecular formula is C10H16N2O. The smallest absolute Gasteiger partial charge is 0.250 e. The molecule has 1 aliphatic rings. The van der Waals surface area contributed by atoms with E-state index in [-0.39, 0.29) is 5.91 Å². The first-order chi connectivity index (χ1) is 6.24. The van der Waals surface area contributed by atoms with Crippen LogP contribution in [0.3, 0.4) is 0 Å². The second-order valence-electron chi connectivity index (χ2n) is 3.20. The molecular weight excluding hydrogens is 164 g/mol. The molecule has 1 aliphatic heterocycles. The van der Waals surface area contributed by atoms with Crippen LogP contribution < -0.4 is 5.73 Å². The summed E-state index contributed by atoms with van der Waals surface area (Å²) in [7, 11) is 0. The predicted octanol–water partition coefficient (Wildman–Crippen LogP) is 1.03. The highest BCUT2D eigenvalue weighted by Gasteiger charge is 2.07. The molecule has 0 aromatic rings. The van der Waals surface area contributed by atoms with E-state index in [4.69, 9.17) is 5.73 Å². The van der Waals surface area contributed by atoms with Gasteiger partial charge in [-0.3, -0.25) is 4.79 Å². The lowest BCUT2D eigenvalue weighted by atomic mass is 10.2. The van der Waals surface area contributed by atoms with Crippen LogP contribution in [0.25, 0.3) is 0 Å². The Labute approximate surface area is 78.9 Å². The number of primary amides is 1. The Bertz CT molecular complexity index is 243. The van der Waals surface area contributed by atoms with Crippen molar-refractivity contribution in [3.05, 3.63) is 23.9 Å². The Morgan fingerprint density at radius 2 is 2.46 bits per heavy atom. The summed E-state index contributed by atoms with van der Waals surface area (Å²) in [6.45, 7) is 4.03. The van der Waals surface area contributed by atoms with Gasteiger partial charge in [0, 0.05) is 19.3 Å². The summed E-state index contributed by atoms with van der Waals surface area (Å²) in [5, 5.41) is 0. The van der Waals surface area contributed by atoms with Crippen molar-refractivity contribution < 1.29 is 4.79 Å². The van der Waals surface area contributed by atoms with Gasteiger partial charge in [0.2, 0.25) is 5.91 Å². The summed E-state index contributed by atoms with van der Waals surface area (Å²) in [4.78, 5) is 13.0. The molecule has 3 heteroatoms. The fraction of sp³-hybridized carbons (Fsp3) is 0.500. The van der Waals surface area contributed by atoms with Gasteiger partial charge in [0.25, 0.3) is 0 Å². The minimum Gasteiger partial charge on any atom is -0.373 e. The summed E-state index contributed by atoms with van der Waals surface area (Å²) >= 11 is 0. The Kier molecular flexibility index (Phi) is 3.55. The van der Waals surface area contributed by atoms with E-state index in [1.165, 1.54) is 6.42 Å². The molecule has 0 unspecified atom stereocenters. The maximum atomic E-state index is 10.8. The topological polar surface area (TPSA) is 46.3 Å². The quantitative estimate of drug-likeness (QED) is 0.702. The van der Waals surface area contributed by atoms with Gasteiger partial charge in [0.05, 0.1) is 5.57 Å². The van der Waals surface area contributed by atoms with Gasteiger partial charge < -0.3 is 10.6 Å². The van der Waals surface area contributed by atoms with Gasteiger partial charge in [-0.2, -0.15) is 0 Å². The molecule has 0 aromatic heterocycles. The lowest BCUT2D eigenvalue weighted by Crippen LogP contribution is -2.25. The molecule has 13 heavy (non-hydrogen) atoms. The van der Waals surface area contributed by atoms with Crippen LogP contribution in [0.15, 0.2) is 23.9 Å². The molecule has 3 nitrogen and oxygen atoms in total. The number of nitrogens with zero attached hydrogens (tertiary/aromatic N) is 1. The maximum Gasteiger partial charge on any atom is 0.250 e. The van der Waals surface area contributed by atoms with E-state index < -0.39 is 0 Å². The van der Waals surface area contributed by atoms with E-state index in [2.05, 4.69) is 11.8 Å². The molecule has 2 N–H and O–H groups in total. The third-order valence-electron chi connectivity index (χ3n) is 2.04. The number of amides is 1. The van der Waals surface area contributed by atoms with Crippen molar-refractivity contribution in [2.75, 3.05) is 13.1 Å². The van der Waals surface area contributed by atoms with Crippen molar-refractivity contribution in [1.82, 2.24) is 4.90 Å². The second kappa shape index (κ2) is 4.70. The van der Waals surface area contributed by atoms with Crippen molar-refractivity contribution in [3.63, 3.8) is 0 Å². The number of unbranched alkanes of at least 4 members (excludes halogenated alkanes) is 1. The molecule has 0 radical (unpaired) electrons. The van der Waals surface area contributed by atoms with Crippen molar-refractivity contribution >= 4 is 5.91 Å². The van der Waals surface area contributed by atoms with Crippen LogP contribution in [0.5, 0.6) is 0 Å². The van der Waals surface area contributed by atoms with Gasteiger partial charge >= 0.3 is 0 Å². The summed E-state index contributed by atoms with van der Waals surface area (Å²) in [6.07, 6.45) is 7.91. The number of hydrogen-bond donors (Lipinski definition) is 1. The highest BCUT2D eigenvalue weighted by Crippen LogP contribution is 2.07. The summed E-state index contributed by atoms with van der Waals surface area (Å²) in [5.74, 6) is -0.350. The van der Waals surface area contributed by atoms with Crippen molar-refractivity contribution in [2.45, 2.75) is 19.8 Å². The van der Waals surface area contributed by atoms with Gasteiger partial charge in [-0.25, -0.2) is 0 Å². The Balaban J connectivity index is 2.51. The van der Waals surface area contributed by atoms with E-state index in [0.29, 0.717) is 5.57 Å². The molecule has 0 aliphatic carbocycles. The van der Waals surface area contributed by atoms with Crippen LogP contribution in [0.1, 0.15) is 19.8 Å². The average molecular weight is 180 g/mol. The number of carbonyl (C=O) groups excluding carboxylic acids is 1. The molecule has 0 fully saturated rings. The number of carbonyl (C=O) groups is 1. The second-order valence-corrected chi connectivity index (χ2v) is 3.20. The maximum absolute atomic E-state index is 10.8. The highest BCUT2D eigenvalue weighted by molar-refractivity contribution is 5.94. The SMILES string of the molecule is CCCCN1C=C(C(N)=O)C=CC1. The number of nitrogens with two attached hydrogens (primary N) is 1. The lowest BCUT2D eigenvalue weighted by molar-refractivity contribution is -0.114. The van der Waals surface area contributed by atoms with E-state index >= 15 is 0 Å².